The zero-order chi connectivity index (χ0) is 9.14. The average Bonchev–Trinajstić information content (AvgIpc) is 2.09. The largest absolute Gasteiger partial charge is 0.394 e. The Balaban J connectivity index is 2.52. The molecule has 3 N–H and O–H groups in total. The third kappa shape index (κ3) is 1.94. The van der Waals surface area contributed by atoms with E-state index in [1.165, 1.54) is 7.11 Å². The summed E-state index contributed by atoms with van der Waals surface area (Å²) < 4.78 is 9.92. The van der Waals surface area contributed by atoms with Crippen molar-refractivity contribution in [3.05, 3.63) is 0 Å². The van der Waals surface area contributed by atoms with Gasteiger partial charge in [0.25, 0.3) is 0 Å². The van der Waals surface area contributed by atoms with E-state index >= 15 is 0 Å². The molecule has 5 nitrogen and oxygen atoms in total. The van der Waals surface area contributed by atoms with E-state index in [4.69, 9.17) is 14.6 Å². The number of ether oxygens (including phenoxy) is 2. The van der Waals surface area contributed by atoms with Gasteiger partial charge in [-0.1, -0.05) is 0 Å². The van der Waals surface area contributed by atoms with Gasteiger partial charge in [-0.15, -0.1) is 0 Å². The molecular formula is C7H14O5. The zero-order valence-electron chi connectivity index (χ0n) is 6.88. The van der Waals surface area contributed by atoms with Crippen LogP contribution in [0.4, 0.5) is 0 Å². The van der Waals surface area contributed by atoms with Gasteiger partial charge in [0.05, 0.1) is 12.7 Å². The fourth-order valence-electron chi connectivity index (χ4n) is 1.22. The van der Waals surface area contributed by atoms with Gasteiger partial charge < -0.3 is 24.8 Å². The van der Waals surface area contributed by atoms with Gasteiger partial charge in [-0.3, -0.25) is 0 Å². The minimum Gasteiger partial charge on any atom is -0.394 e. The smallest absolute Gasteiger partial charge is 0.160 e. The normalized spacial score (nSPS) is 43.0. The molecule has 1 aliphatic heterocycles. The Bertz CT molecular complexity index is 140. The van der Waals surface area contributed by atoms with Crippen LogP contribution >= 0.6 is 0 Å². The van der Waals surface area contributed by atoms with Gasteiger partial charge in [0, 0.05) is 13.5 Å². The van der Waals surface area contributed by atoms with Crippen molar-refractivity contribution in [2.75, 3.05) is 13.7 Å². The molecule has 0 saturated carbocycles. The molecule has 0 amide bonds. The van der Waals surface area contributed by atoms with Crippen molar-refractivity contribution in [3.8, 4) is 0 Å². The van der Waals surface area contributed by atoms with Crippen LogP contribution in [0.15, 0.2) is 0 Å². The molecule has 0 aromatic carbocycles. The van der Waals surface area contributed by atoms with Gasteiger partial charge in [0.15, 0.2) is 6.29 Å². The average molecular weight is 178 g/mol. The SMILES string of the molecule is COC1C[C@@H](O)[C@H](O)[C@@H](CO)O1. The Morgan fingerprint density at radius 1 is 1.50 bits per heavy atom. The summed E-state index contributed by atoms with van der Waals surface area (Å²) >= 11 is 0. The van der Waals surface area contributed by atoms with Crippen molar-refractivity contribution in [3.63, 3.8) is 0 Å². The number of aliphatic hydroxyl groups is 3. The van der Waals surface area contributed by atoms with Crippen LogP contribution in [0.3, 0.4) is 0 Å². The molecule has 0 aromatic heterocycles. The second-order valence-corrected chi connectivity index (χ2v) is 2.82. The molecule has 72 valence electrons. The Morgan fingerprint density at radius 3 is 2.67 bits per heavy atom. The maximum absolute atomic E-state index is 9.26. The number of hydrogen-bond donors (Lipinski definition) is 3. The van der Waals surface area contributed by atoms with E-state index in [0.717, 1.165) is 0 Å². The van der Waals surface area contributed by atoms with Gasteiger partial charge in [-0.05, 0) is 0 Å². The van der Waals surface area contributed by atoms with Crippen LogP contribution in [0.25, 0.3) is 0 Å². The van der Waals surface area contributed by atoms with Crippen molar-refractivity contribution >= 4 is 0 Å². The first kappa shape index (κ1) is 9.88. The van der Waals surface area contributed by atoms with E-state index < -0.39 is 24.6 Å². The zero-order valence-corrected chi connectivity index (χ0v) is 6.88. The van der Waals surface area contributed by atoms with Crippen molar-refractivity contribution in [2.24, 2.45) is 0 Å². The highest BCUT2D eigenvalue weighted by atomic mass is 16.7. The van der Waals surface area contributed by atoms with Crippen molar-refractivity contribution in [1.29, 1.82) is 0 Å². The van der Waals surface area contributed by atoms with Crippen LogP contribution in [0.1, 0.15) is 6.42 Å². The summed E-state index contributed by atoms with van der Waals surface area (Å²) in [5.41, 5.74) is 0. The summed E-state index contributed by atoms with van der Waals surface area (Å²) in [4.78, 5) is 0. The molecule has 0 aliphatic carbocycles. The van der Waals surface area contributed by atoms with Crippen molar-refractivity contribution < 1.29 is 24.8 Å². The van der Waals surface area contributed by atoms with Crippen LogP contribution in [0, 0.1) is 0 Å². The molecule has 0 spiro atoms. The first-order valence-electron chi connectivity index (χ1n) is 3.84. The van der Waals surface area contributed by atoms with Crippen LogP contribution in [0.5, 0.6) is 0 Å². The number of aliphatic hydroxyl groups excluding tert-OH is 3. The minimum atomic E-state index is -1.03. The molecule has 1 unspecified atom stereocenters. The fraction of sp³-hybridized carbons (Fsp3) is 1.00. The molecule has 1 heterocycles. The predicted molar refractivity (Wildman–Crippen MR) is 39.4 cm³/mol. The Labute approximate surface area is 70.5 Å². The molecule has 1 rings (SSSR count). The Morgan fingerprint density at radius 2 is 2.17 bits per heavy atom. The van der Waals surface area contributed by atoms with E-state index in [0.29, 0.717) is 0 Å². The molecule has 4 atom stereocenters. The Kier molecular flexibility index (Phi) is 3.42. The molecular weight excluding hydrogens is 164 g/mol. The molecule has 12 heavy (non-hydrogen) atoms. The summed E-state index contributed by atoms with van der Waals surface area (Å²) in [7, 11) is 1.45. The van der Waals surface area contributed by atoms with Crippen LogP contribution in [-0.4, -0.2) is 53.6 Å². The summed E-state index contributed by atoms with van der Waals surface area (Å²) in [6.07, 6.45) is -2.98. The van der Waals surface area contributed by atoms with E-state index in [9.17, 15) is 10.2 Å². The third-order valence-electron chi connectivity index (χ3n) is 1.98. The Hall–Kier alpha value is -0.200. The first-order valence-corrected chi connectivity index (χ1v) is 3.84. The summed E-state index contributed by atoms with van der Waals surface area (Å²) in [6.45, 7) is -0.321. The number of methoxy groups -OCH3 is 1. The van der Waals surface area contributed by atoms with Crippen molar-refractivity contribution in [1.82, 2.24) is 0 Å². The monoisotopic (exact) mass is 178 g/mol. The second-order valence-electron chi connectivity index (χ2n) is 2.82. The van der Waals surface area contributed by atoms with Gasteiger partial charge >= 0.3 is 0 Å². The van der Waals surface area contributed by atoms with Gasteiger partial charge in [-0.25, -0.2) is 0 Å². The first-order chi connectivity index (χ1) is 5.69. The topological polar surface area (TPSA) is 79.2 Å². The lowest BCUT2D eigenvalue weighted by molar-refractivity contribution is -0.248. The lowest BCUT2D eigenvalue weighted by atomic mass is 10.0. The molecule has 1 aliphatic rings. The lowest BCUT2D eigenvalue weighted by Gasteiger charge is -2.35. The van der Waals surface area contributed by atoms with Gasteiger partial charge in [0.1, 0.15) is 12.2 Å². The van der Waals surface area contributed by atoms with E-state index in [2.05, 4.69) is 0 Å². The molecule has 0 radical (unpaired) electrons. The fourth-order valence-corrected chi connectivity index (χ4v) is 1.22. The highest BCUT2D eigenvalue weighted by Crippen LogP contribution is 2.20. The van der Waals surface area contributed by atoms with E-state index in [-0.39, 0.29) is 13.0 Å². The van der Waals surface area contributed by atoms with Crippen LogP contribution in [0.2, 0.25) is 0 Å². The van der Waals surface area contributed by atoms with E-state index in [1.54, 1.807) is 0 Å². The maximum Gasteiger partial charge on any atom is 0.160 e. The lowest BCUT2D eigenvalue weighted by Crippen LogP contribution is -2.50. The van der Waals surface area contributed by atoms with Gasteiger partial charge in [-0.2, -0.15) is 0 Å². The number of hydrogen-bond acceptors (Lipinski definition) is 5. The quantitative estimate of drug-likeness (QED) is 0.477. The molecule has 0 aromatic rings. The minimum absolute atomic E-state index is 0.230. The van der Waals surface area contributed by atoms with Crippen LogP contribution < -0.4 is 0 Å². The van der Waals surface area contributed by atoms with Gasteiger partial charge in [0.2, 0.25) is 0 Å². The van der Waals surface area contributed by atoms with Crippen molar-refractivity contribution in [2.45, 2.75) is 31.0 Å². The molecule has 1 saturated heterocycles. The predicted octanol–water partition coefficient (Wildman–Crippen LogP) is -1.54. The summed E-state index contributed by atoms with van der Waals surface area (Å²) in [5, 5.41) is 27.3. The number of rotatable bonds is 2. The second kappa shape index (κ2) is 4.15. The van der Waals surface area contributed by atoms with Crippen LogP contribution in [-0.2, 0) is 9.47 Å². The maximum atomic E-state index is 9.26. The molecule has 1 fully saturated rings. The summed E-state index contributed by atoms with van der Waals surface area (Å²) in [6, 6.07) is 0. The molecule has 5 heteroatoms. The van der Waals surface area contributed by atoms with E-state index in [1.807, 2.05) is 0 Å². The molecule has 0 bridgehead atoms. The standard InChI is InChI=1S/C7H14O5/c1-11-6-2-4(9)7(10)5(3-8)12-6/h4-10H,2-3H2,1H3/t4-,5-,6?,7+/m1/s1. The third-order valence-corrected chi connectivity index (χ3v) is 1.98. The highest BCUT2D eigenvalue weighted by Gasteiger charge is 2.36. The highest BCUT2D eigenvalue weighted by molar-refractivity contribution is 4.81. The summed E-state index contributed by atoms with van der Waals surface area (Å²) in [5.74, 6) is 0.